The molecule has 3 heterocycles. The normalized spacial score (nSPS) is 17.8. The minimum absolute atomic E-state index is 0.115. The molecule has 0 bridgehead atoms. The number of morpholine rings is 1. The first-order valence-corrected chi connectivity index (χ1v) is 6.74. The van der Waals surface area contributed by atoms with Gasteiger partial charge in [-0.15, -0.1) is 0 Å². The van der Waals surface area contributed by atoms with Gasteiger partial charge in [0.2, 0.25) is 5.91 Å². The number of hydrogen-bond acceptors (Lipinski definition) is 8. The summed E-state index contributed by atoms with van der Waals surface area (Å²) in [7, 11) is 0. The molecule has 124 valence electrons. The van der Waals surface area contributed by atoms with Gasteiger partial charge in [0.05, 0.1) is 25.5 Å². The van der Waals surface area contributed by atoms with Crippen molar-refractivity contribution in [2.75, 3.05) is 32.8 Å². The summed E-state index contributed by atoms with van der Waals surface area (Å²) in [4.78, 5) is 31.5. The zero-order chi connectivity index (χ0) is 16.7. The topological polar surface area (TPSA) is 139 Å². The molecule has 3 amide bonds. The van der Waals surface area contributed by atoms with Crippen LogP contribution < -0.4 is 10.6 Å². The number of ether oxygens (including phenoxy) is 1. The highest BCUT2D eigenvalue weighted by Crippen LogP contribution is 2.14. The second-order valence-corrected chi connectivity index (χ2v) is 4.45. The molecule has 3 rings (SSSR count). The van der Waals surface area contributed by atoms with Gasteiger partial charge in [0, 0.05) is 13.1 Å². The summed E-state index contributed by atoms with van der Waals surface area (Å²) < 4.78 is 9.78. The van der Waals surface area contributed by atoms with E-state index in [1.807, 2.05) is 5.32 Å². The lowest BCUT2D eigenvalue weighted by Crippen LogP contribution is -2.30. The van der Waals surface area contributed by atoms with Gasteiger partial charge in [-0.2, -0.15) is 5.10 Å². The van der Waals surface area contributed by atoms with E-state index < -0.39 is 22.7 Å². The van der Waals surface area contributed by atoms with E-state index in [2.05, 4.69) is 10.4 Å². The Bertz CT molecular complexity index is 597. The third-order valence-electron chi connectivity index (χ3n) is 2.74. The van der Waals surface area contributed by atoms with E-state index in [1.54, 1.807) is 0 Å². The van der Waals surface area contributed by atoms with Crippen molar-refractivity contribution in [3.8, 4) is 0 Å². The van der Waals surface area contributed by atoms with Crippen molar-refractivity contribution in [3.05, 3.63) is 28.0 Å². The van der Waals surface area contributed by atoms with Crippen molar-refractivity contribution in [3.63, 3.8) is 0 Å². The molecule has 11 heteroatoms. The Morgan fingerprint density at radius 2 is 2.04 bits per heavy atom. The number of carbonyl (C=O) groups excluding carboxylic acids is 2. The van der Waals surface area contributed by atoms with Gasteiger partial charge in [-0.25, -0.2) is 9.80 Å². The molecule has 2 saturated heterocycles. The Kier molecular flexibility index (Phi) is 5.77. The molecule has 0 spiro atoms. The first-order valence-electron chi connectivity index (χ1n) is 6.74. The third kappa shape index (κ3) is 5.16. The Balaban J connectivity index is 0.000000268. The molecule has 0 saturated carbocycles. The SMILES string of the molecule is C1COCCN1.O=C1CN(N=Cc2ccc([N+](=O)[O-])o2)C(=O)N1. The van der Waals surface area contributed by atoms with Crippen LogP contribution in [-0.4, -0.2) is 60.9 Å². The van der Waals surface area contributed by atoms with E-state index in [-0.39, 0.29) is 12.3 Å². The lowest BCUT2D eigenvalue weighted by atomic mass is 10.5. The lowest BCUT2D eigenvalue weighted by molar-refractivity contribution is -0.402. The Hall–Kier alpha value is -2.79. The molecule has 2 fully saturated rings. The second kappa shape index (κ2) is 8.00. The predicted octanol–water partition coefficient (Wildman–Crippen LogP) is -0.320. The van der Waals surface area contributed by atoms with E-state index in [0.717, 1.165) is 43.6 Å². The van der Waals surface area contributed by atoms with Gasteiger partial charge >= 0.3 is 11.9 Å². The molecule has 0 atom stereocenters. The highest BCUT2D eigenvalue weighted by atomic mass is 16.6. The van der Waals surface area contributed by atoms with E-state index in [4.69, 9.17) is 9.15 Å². The second-order valence-electron chi connectivity index (χ2n) is 4.45. The van der Waals surface area contributed by atoms with Gasteiger partial charge in [-0.1, -0.05) is 0 Å². The maximum Gasteiger partial charge on any atom is 0.433 e. The summed E-state index contributed by atoms with van der Waals surface area (Å²) in [6, 6.07) is 1.85. The minimum atomic E-state index is -0.691. The number of amides is 3. The first kappa shape index (κ1) is 16.6. The molecule has 0 aliphatic carbocycles. The largest absolute Gasteiger partial charge is 0.433 e. The average Bonchev–Trinajstić information content (AvgIpc) is 3.14. The lowest BCUT2D eigenvalue weighted by Gasteiger charge is -2.10. The minimum Gasteiger partial charge on any atom is -0.400 e. The molecule has 11 nitrogen and oxygen atoms in total. The number of hydrazone groups is 1. The van der Waals surface area contributed by atoms with Gasteiger partial charge < -0.3 is 14.5 Å². The van der Waals surface area contributed by atoms with Gasteiger partial charge in [0.25, 0.3) is 0 Å². The first-order chi connectivity index (χ1) is 11.1. The maximum atomic E-state index is 11.1. The van der Waals surface area contributed by atoms with Crippen LogP contribution in [0.5, 0.6) is 0 Å². The number of hydrogen-bond donors (Lipinski definition) is 2. The van der Waals surface area contributed by atoms with Crippen LogP contribution in [-0.2, 0) is 9.53 Å². The fourth-order valence-electron chi connectivity index (χ4n) is 1.68. The number of carbonyl (C=O) groups is 2. The van der Waals surface area contributed by atoms with Crippen molar-refractivity contribution >= 4 is 24.0 Å². The number of nitrogens with zero attached hydrogens (tertiary/aromatic N) is 3. The average molecular weight is 325 g/mol. The molecule has 2 aliphatic heterocycles. The number of imide groups is 1. The molecule has 2 aliphatic rings. The highest BCUT2D eigenvalue weighted by molar-refractivity contribution is 6.02. The monoisotopic (exact) mass is 325 g/mol. The summed E-state index contributed by atoms with van der Waals surface area (Å²) in [5.74, 6) is -0.769. The number of furan rings is 1. The molecule has 1 aromatic rings. The van der Waals surface area contributed by atoms with Crippen LogP contribution in [0.3, 0.4) is 0 Å². The van der Waals surface area contributed by atoms with E-state index in [9.17, 15) is 19.7 Å². The molecular weight excluding hydrogens is 310 g/mol. The van der Waals surface area contributed by atoms with Gasteiger partial charge in [0.15, 0.2) is 5.76 Å². The van der Waals surface area contributed by atoms with Gasteiger partial charge in [-0.05, 0) is 6.07 Å². The van der Waals surface area contributed by atoms with Crippen LogP contribution in [0.2, 0.25) is 0 Å². The van der Waals surface area contributed by atoms with Crippen LogP contribution >= 0.6 is 0 Å². The number of nitro groups is 1. The molecule has 1 aromatic heterocycles. The van der Waals surface area contributed by atoms with Gasteiger partial charge in [-0.3, -0.25) is 20.2 Å². The van der Waals surface area contributed by atoms with Crippen molar-refractivity contribution < 1.29 is 23.7 Å². The summed E-state index contributed by atoms with van der Waals surface area (Å²) >= 11 is 0. The van der Waals surface area contributed by atoms with E-state index >= 15 is 0 Å². The number of rotatable bonds is 3. The van der Waals surface area contributed by atoms with Crippen molar-refractivity contribution in [2.24, 2.45) is 5.10 Å². The predicted molar refractivity (Wildman–Crippen MR) is 76.9 cm³/mol. The molecule has 0 unspecified atom stereocenters. The Labute approximate surface area is 130 Å². The summed E-state index contributed by atoms with van der Waals surface area (Å²) in [5, 5.41) is 20.0. The summed E-state index contributed by atoms with van der Waals surface area (Å²) in [5.41, 5.74) is 0. The fraction of sp³-hybridized carbons (Fsp3) is 0.417. The van der Waals surface area contributed by atoms with E-state index in [1.165, 1.54) is 6.07 Å². The number of nitrogens with one attached hydrogen (secondary N) is 2. The van der Waals surface area contributed by atoms with E-state index in [0.29, 0.717) is 0 Å². The summed E-state index contributed by atoms with van der Waals surface area (Å²) in [6.07, 6.45) is 1.12. The maximum absolute atomic E-state index is 11.1. The third-order valence-corrected chi connectivity index (χ3v) is 2.74. The zero-order valence-electron chi connectivity index (χ0n) is 12.1. The van der Waals surface area contributed by atoms with Crippen LogP contribution in [0, 0.1) is 10.1 Å². The van der Waals surface area contributed by atoms with Gasteiger partial charge in [0.1, 0.15) is 11.5 Å². The fourth-order valence-corrected chi connectivity index (χ4v) is 1.68. The molecular formula is C12H15N5O6. The van der Waals surface area contributed by atoms with Crippen molar-refractivity contribution in [1.82, 2.24) is 15.6 Å². The van der Waals surface area contributed by atoms with Crippen molar-refractivity contribution in [2.45, 2.75) is 0 Å². The molecule has 23 heavy (non-hydrogen) atoms. The van der Waals surface area contributed by atoms with Crippen LogP contribution in [0.25, 0.3) is 0 Å². The van der Waals surface area contributed by atoms with Crippen LogP contribution in [0.4, 0.5) is 10.7 Å². The zero-order valence-corrected chi connectivity index (χ0v) is 12.1. The van der Waals surface area contributed by atoms with Crippen LogP contribution in [0.1, 0.15) is 5.76 Å². The summed E-state index contributed by atoms with van der Waals surface area (Å²) in [6.45, 7) is 3.65. The van der Waals surface area contributed by atoms with Crippen molar-refractivity contribution in [1.29, 1.82) is 0 Å². The highest BCUT2D eigenvalue weighted by Gasteiger charge is 2.26. The quantitative estimate of drug-likeness (QED) is 0.336. The smallest absolute Gasteiger partial charge is 0.400 e. The van der Waals surface area contributed by atoms with Crippen LogP contribution in [0.15, 0.2) is 21.7 Å². The molecule has 0 aromatic carbocycles. The number of urea groups is 1. The Morgan fingerprint density at radius 3 is 2.48 bits per heavy atom. The standard InChI is InChI=1S/C8H6N4O5.C4H9NO/c13-6-4-11(8(14)10-6)9-3-5-1-2-7(17-5)12(15)16;1-3-6-4-2-5-1/h1-3H,4H2,(H,10,13,14);5H,1-4H2. The molecule has 0 radical (unpaired) electrons. The molecule has 2 N–H and O–H groups in total. The Morgan fingerprint density at radius 1 is 1.30 bits per heavy atom.